The lowest BCUT2D eigenvalue weighted by Crippen LogP contribution is -1.98. The molecule has 0 spiro atoms. The number of rotatable bonds is 3. The lowest BCUT2D eigenvalue weighted by atomic mass is 9.99. The number of tetrazole rings is 1. The van der Waals surface area contributed by atoms with Crippen molar-refractivity contribution in [3.63, 3.8) is 0 Å². The van der Waals surface area contributed by atoms with Crippen LogP contribution in [0.4, 0.5) is 8.78 Å². The van der Waals surface area contributed by atoms with Gasteiger partial charge in [-0.2, -0.15) is 0 Å². The highest BCUT2D eigenvalue weighted by molar-refractivity contribution is 5.91. The van der Waals surface area contributed by atoms with E-state index in [1.54, 1.807) is 0 Å². The van der Waals surface area contributed by atoms with Crippen LogP contribution < -0.4 is 0 Å². The zero-order valence-electron chi connectivity index (χ0n) is 10.9. The molecule has 0 aliphatic rings. The van der Waals surface area contributed by atoms with Gasteiger partial charge in [-0.05, 0) is 46.3 Å². The summed E-state index contributed by atoms with van der Waals surface area (Å²) < 4.78 is 26.9. The summed E-state index contributed by atoms with van der Waals surface area (Å²) in [5, 5.41) is 22.2. The van der Waals surface area contributed by atoms with E-state index in [4.69, 9.17) is 0 Å². The fourth-order valence-electron chi connectivity index (χ4n) is 2.05. The minimum atomic E-state index is -1.18. The predicted molar refractivity (Wildman–Crippen MR) is 71.9 cm³/mol. The Labute approximate surface area is 122 Å². The maximum atomic E-state index is 13.9. The van der Waals surface area contributed by atoms with Crippen LogP contribution in [0.5, 0.6) is 0 Å². The molecule has 0 bridgehead atoms. The molecule has 0 aliphatic carbocycles. The zero-order valence-corrected chi connectivity index (χ0v) is 10.9. The molecule has 1 aromatic heterocycles. The number of nitrogens with zero attached hydrogens (tertiary/aromatic N) is 3. The molecule has 110 valence electrons. The average molecular weight is 302 g/mol. The number of carboxylic acids is 1. The first-order chi connectivity index (χ1) is 10.5. The van der Waals surface area contributed by atoms with Crippen LogP contribution in [0.3, 0.4) is 0 Å². The Morgan fingerprint density at radius 1 is 1.09 bits per heavy atom. The molecule has 22 heavy (non-hydrogen) atoms. The lowest BCUT2D eigenvalue weighted by Gasteiger charge is -2.07. The van der Waals surface area contributed by atoms with Crippen molar-refractivity contribution in [1.29, 1.82) is 0 Å². The van der Waals surface area contributed by atoms with Crippen LogP contribution in [0.1, 0.15) is 10.4 Å². The maximum absolute atomic E-state index is 13.9. The van der Waals surface area contributed by atoms with Gasteiger partial charge in [0.2, 0.25) is 0 Å². The SMILES string of the molecule is O=C(O)c1cc(-c2nnn[nH]2)cc(-c2ccc(F)cc2F)c1. The van der Waals surface area contributed by atoms with Crippen LogP contribution in [-0.2, 0) is 0 Å². The van der Waals surface area contributed by atoms with E-state index in [9.17, 15) is 18.7 Å². The van der Waals surface area contributed by atoms with E-state index in [-0.39, 0.29) is 22.5 Å². The molecule has 0 fully saturated rings. The smallest absolute Gasteiger partial charge is 0.335 e. The Morgan fingerprint density at radius 2 is 1.86 bits per heavy atom. The number of aromatic nitrogens is 4. The van der Waals surface area contributed by atoms with Crippen LogP contribution in [0, 0.1) is 11.6 Å². The van der Waals surface area contributed by atoms with Gasteiger partial charge in [0.05, 0.1) is 5.56 Å². The maximum Gasteiger partial charge on any atom is 0.335 e. The summed E-state index contributed by atoms with van der Waals surface area (Å²) in [6, 6.07) is 7.25. The molecule has 0 saturated carbocycles. The van der Waals surface area contributed by atoms with E-state index < -0.39 is 17.6 Å². The van der Waals surface area contributed by atoms with Crippen LogP contribution in [0.15, 0.2) is 36.4 Å². The van der Waals surface area contributed by atoms with Crippen LogP contribution >= 0.6 is 0 Å². The number of nitrogens with one attached hydrogen (secondary N) is 1. The third-order valence-electron chi connectivity index (χ3n) is 3.04. The highest BCUT2D eigenvalue weighted by Crippen LogP contribution is 2.28. The predicted octanol–water partition coefficient (Wildman–Crippen LogP) is 2.51. The third-order valence-corrected chi connectivity index (χ3v) is 3.04. The van der Waals surface area contributed by atoms with E-state index in [1.807, 2.05) is 0 Å². The van der Waals surface area contributed by atoms with Crippen molar-refractivity contribution in [1.82, 2.24) is 20.6 Å². The average Bonchev–Trinajstić information content (AvgIpc) is 3.01. The van der Waals surface area contributed by atoms with E-state index in [0.29, 0.717) is 5.56 Å². The molecule has 0 saturated heterocycles. The van der Waals surface area contributed by atoms with Gasteiger partial charge in [-0.15, -0.1) is 5.10 Å². The minimum Gasteiger partial charge on any atom is -0.478 e. The molecule has 8 heteroatoms. The van der Waals surface area contributed by atoms with Crippen molar-refractivity contribution < 1.29 is 18.7 Å². The quantitative estimate of drug-likeness (QED) is 0.775. The van der Waals surface area contributed by atoms with Gasteiger partial charge in [0.15, 0.2) is 5.82 Å². The number of benzene rings is 2. The van der Waals surface area contributed by atoms with Gasteiger partial charge in [-0.25, -0.2) is 18.7 Å². The fraction of sp³-hybridized carbons (Fsp3) is 0. The highest BCUT2D eigenvalue weighted by Gasteiger charge is 2.14. The Bertz CT molecular complexity index is 850. The molecule has 0 radical (unpaired) electrons. The molecule has 0 unspecified atom stereocenters. The van der Waals surface area contributed by atoms with Crippen molar-refractivity contribution in [3.05, 3.63) is 53.6 Å². The molecule has 3 aromatic rings. The molecular weight excluding hydrogens is 294 g/mol. The number of hydrogen-bond acceptors (Lipinski definition) is 4. The Morgan fingerprint density at radius 3 is 2.50 bits per heavy atom. The number of H-pyrrole nitrogens is 1. The van der Waals surface area contributed by atoms with E-state index in [2.05, 4.69) is 20.6 Å². The first-order valence-electron chi connectivity index (χ1n) is 6.12. The number of carboxylic acid groups (broad SMARTS) is 1. The van der Waals surface area contributed by atoms with Gasteiger partial charge in [-0.3, -0.25) is 0 Å². The van der Waals surface area contributed by atoms with Gasteiger partial charge in [0.1, 0.15) is 11.6 Å². The summed E-state index contributed by atoms with van der Waals surface area (Å²) >= 11 is 0. The van der Waals surface area contributed by atoms with Crippen molar-refractivity contribution in [3.8, 4) is 22.5 Å². The summed E-state index contributed by atoms with van der Waals surface area (Å²) in [5.41, 5.74) is 0.679. The molecule has 0 atom stereocenters. The molecule has 0 amide bonds. The van der Waals surface area contributed by atoms with E-state index in [0.717, 1.165) is 12.1 Å². The Balaban J connectivity index is 2.20. The Kier molecular flexibility index (Phi) is 3.34. The molecule has 2 aromatic carbocycles. The molecule has 1 heterocycles. The highest BCUT2D eigenvalue weighted by atomic mass is 19.1. The first-order valence-corrected chi connectivity index (χ1v) is 6.12. The molecule has 2 N–H and O–H groups in total. The second-order valence-electron chi connectivity index (χ2n) is 4.48. The normalized spacial score (nSPS) is 10.6. The van der Waals surface area contributed by atoms with E-state index in [1.165, 1.54) is 24.3 Å². The summed E-state index contributed by atoms with van der Waals surface area (Å²) in [6.07, 6.45) is 0. The van der Waals surface area contributed by atoms with Gasteiger partial charge in [0.25, 0.3) is 0 Å². The topological polar surface area (TPSA) is 91.8 Å². The fourth-order valence-corrected chi connectivity index (χ4v) is 2.05. The van der Waals surface area contributed by atoms with Gasteiger partial charge < -0.3 is 5.11 Å². The minimum absolute atomic E-state index is 0.0624. The van der Waals surface area contributed by atoms with Crippen LogP contribution in [0.25, 0.3) is 22.5 Å². The third kappa shape index (κ3) is 2.53. The van der Waals surface area contributed by atoms with Crippen molar-refractivity contribution in [2.45, 2.75) is 0 Å². The van der Waals surface area contributed by atoms with Crippen molar-refractivity contribution in [2.24, 2.45) is 0 Å². The van der Waals surface area contributed by atoms with Crippen LogP contribution in [0.2, 0.25) is 0 Å². The zero-order chi connectivity index (χ0) is 15.7. The van der Waals surface area contributed by atoms with E-state index >= 15 is 0 Å². The summed E-state index contributed by atoms with van der Waals surface area (Å²) in [6.45, 7) is 0. The second-order valence-corrected chi connectivity index (χ2v) is 4.48. The van der Waals surface area contributed by atoms with Gasteiger partial charge in [0, 0.05) is 17.2 Å². The van der Waals surface area contributed by atoms with Gasteiger partial charge in [-0.1, -0.05) is 0 Å². The molecular formula is C14H8F2N4O2. The summed E-state index contributed by atoms with van der Waals surface area (Å²) in [4.78, 5) is 11.2. The number of hydrogen-bond donors (Lipinski definition) is 2. The number of halogens is 2. The summed E-state index contributed by atoms with van der Waals surface area (Å²) in [7, 11) is 0. The molecule has 6 nitrogen and oxygen atoms in total. The van der Waals surface area contributed by atoms with Gasteiger partial charge >= 0.3 is 5.97 Å². The lowest BCUT2D eigenvalue weighted by molar-refractivity contribution is 0.0697. The number of aromatic carboxylic acids is 1. The Hall–Kier alpha value is -3.16. The van der Waals surface area contributed by atoms with Crippen molar-refractivity contribution in [2.75, 3.05) is 0 Å². The number of aromatic amines is 1. The second kappa shape index (κ2) is 5.32. The largest absolute Gasteiger partial charge is 0.478 e. The molecule has 3 rings (SSSR count). The summed E-state index contributed by atoms with van der Waals surface area (Å²) in [5.74, 6) is -2.44. The number of carbonyl (C=O) groups is 1. The standard InChI is InChI=1S/C14H8F2N4O2/c15-10-1-2-11(12(16)6-10)7-3-8(13-17-19-20-18-13)5-9(4-7)14(21)22/h1-6H,(H,21,22)(H,17,18,19,20). The first kappa shape index (κ1) is 13.8. The van der Waals surface area contributed by atoms with Crippen molar-refractivity contribution >= 4 is 5.97 Å². The molecule has 0 aliphatic heterocycles. The van der Waals surface area contributed by atoms with Crippen LogP contribution in [-0.4, -0.2) is 31.7 Å². The monoisotopic (exact) mass is 302 g/mol.